The zero-order valence-electron chi connectivity index (χ0n) is 9.25. The summed E-state index contributed by atoms with van der Waals surface area (Å²) in [5.41, 5.74) is 0.714. The van der Waals surface area contributed by atoms with E-state index in [-0.39, 0.29) is 0 Å². The Labute approximate surface area is 98.2 Å². The molecule has 1 unspecified atom stereocenters. The van der Waals surface area contributed by atoms with E-state index in [1.807, 2.05) is 29.5 Å². The van der Waals surface area contributed by atoms with Gasteiger partial charge in [-0.15, -0.1) is 11.3 Å². The van der Waals surface area contributed by atoms with Crippen LogP contribution >= 0.6 is 11.3 Å². The number of furan rings is 1. The average Bonchev–Trinajstić information content (AvgIpc) is 2.86. The van der Waals surface area contributed by atoms with E-state index in [2.05, 4.69) is 4.98 Å². The molecule has 2 rings (SSSR count). The van der Waals surface area contributed by atoms with E-state index in [0.29, 0.717) is 12.2 Å². The molecule has 4 nitrogen and oxygen atoms in total. The highest BCUT2D eigenvalue weighted by Crippen LogP contribution is 2.24. The molecule has 1 atom stereocenters. The van der Waals surface area contributed by atoms with E-state index in [1.165, 1.54) is 11.3 Å². The van der Waals surface area contributed by atoms with Crippen molar-refractivity contribution < 1.29 is 9.52 Å². The van der Waals surface area contributed by atoms with Crippen molar-refractivity contribution in [2.75, 3.05) is 11.9 Å². The first-order valence-corrected chi connectivity index (χ1v) is 5.92. The molecule has 0 radical (unpaired) electrons. The van der Waals surface area contributed by atoms with Crippen LogP contribution in [0.15, 0.2) is 28.2 Å². The number of aliphatic hydroxyl groups excluding tert-OH is 1. The van der Waals surface area contributed by atoms with Crippen molar-refractivity contribution in [3.05, 3.63) is 35.2 Å². The van der Waals surface area contributed by atoms with Gasteiger partial charge in [-0.2, -0.15) is 0 Å². The van der Waals surface area contributed by atoms with Crippen molar-refractivity contribution in [1.82, 2.24) is 4.98 Å². The first-order chi connectivity index (χ1) is 7.66. The summed E-state index contributed by atoms with van der Waals surface area (Å²) in [6, 6.07) is 3.80. The molecule has 0 aliphatic heterocycles. The van der Waals surface area contributed by atoms with Crippen LogP contribution in [0, 0.1) is 0 Å². The molecule has 0 spiro atoms. The summed E-state index contributed by atoms with van der Waals surface area (Å²) in [4.78, 5) is 6.34. The van der Waals surface area contributed by atoms with Crippen LogP contribution in [0.1, 0.15) is 24.5 Å². The van der Waals surface area contributed by atoms with Crippen LogP contribution in [0.5, 0.6) is 0 Å². The van der Waals surface area contributed by atoms with Crippen LogP contribution in [0.3, 0.4) is 0 Å². The smallest absolute Gasteiger partial charge is 0.185 e. The molecule has 16 heavy (non-hydrogen) atoms. The fraction of sp³-hybridized carbons (Fsp3) is 0.364. The molecule has 0 fully saturated rings. The van der Waals surface area contributed by atoms with Crippen LogP contribution in [0.4, 0.5) is 5.13 Å². The molecular formula is C11H14N2O2S. The van der Waals surface area contributed by atoms with Crippen LogP contribution in [-0.2, 0) is 6.54 Å². The third-order valence-corrected chi connectivity index (χ3v) is 3.21. The number of rotatable bonds is 4. The van der Waals surface area contributed by atoms with E-state index in [0.717, 1.165) is 10.9 Å². The number of nitrogens with zero attached hydrogens (tertiary/aromatic N) is 2. The van der Waals surface area contributed by atoms with Gasteiger partial charge >= 0.3 is 0 Å². The molecule has 0 amide bonds. The minimum Gasteiger partial charge on any atom is -0.467 e. The van der Waals surface area contributed by atoms with Gasteiger partial charge in [-0.05, 0) is 19.1 Å². The van der Waals surface area contributed by atoms with Crippen LogP contribution in [0.2, 0.25) is 0 Å². The Bertz CT molecular complexity index is 437. The minimum absolute atomic E-state index is 0.512. The van der Waals surface area contributed by atoms with Gasteiger partial charge in [0.1, 0.15) is 5.76 Å². The van der Waals surface area contributed by atoms with Crippen molar-refractivity contribution in [2.24, 2.45) is 0 Å². The molecule has 0 saturated carbocycles. The fourth-order valence-corrected chi connectivity index (χ4v) is 2.23. The Morgan fingerprint density at radius 1 is 1.62 bits per heavy atom. The molecule has 2 aromatic rings. The largest absolute Gasteiger partial charge is 0.467 e. The van der Waals surface area contributed by atoms with Crippen molar-refractivity contribution >= 4 is 16.5 Å². The lowest BCUT2D eigenvalue weighted by molar-refractivity contribution is 0.195. The number of hydrogen-bond donors (Lipinski definition) is 1. The molecule has 0 bridgehead atoms. The van der Waals surface area contributed by atoms with Crippen LogP contribution in [0.25, 0.3) is 0 Å². The lowest BCUT2D eigenvalue weighted by atomic mass is 10.3. The second-order valence-electron chi connectivity index (χ2n) is 3.67. The average molecular weight is 238 g/mol. The van der Waals surface area contributed by atoms with E-state index in [4.69, 9.17) is 4.42 Å². The third kappa shape index (κ3) is 2.43. The zero-order chi connectivity index (χ0) is 11.5. The first kappa shape index (κ1) is 11.2. The van der Waals surface area contributed by atoms with Gasteiger partial charge in [0.2, 0.25) is 0 Å². The SMILES string of the molecule is CC(O)c1csc(N(C)Cc2ccco2)n1. The highest BCUT2D eigenvalue weighted by molar-refractivity contribution is 7.13. The molecule has 2 aromatic heterocycles. The van der Waals surface area contributed by atoms with Crippen LogP contribution in [-0.4, -0.2) is 17.1 Å². The number of thiazole rings is 1. The summed E-state index contributed by atoms with van der Waals surface area (Å²) in [6.07, 6.45) is 1.15. The topological polar surface area (TPSA) is 49.5 Å². The molecule has 86 valence electrons. The second kappa shape index (κ2) is 4.67. The number of hydrogen-bond acceptors (Lipinski definition) is 5. The molecule has 1 N–H and O–H groups in total. The highest BCUT2D eigenvalue weighted by atomic mass is 32.1. The monoisotopic (exact) mass is 238 g/mol. The predicted molar refractivity (Wildman–Crippen MR) is 63.6 cm³/mol. The normalized spacial score (nSPS) is 12.7. The Morgan fingerprint density at radius 3 is 3.00 bits per heavy atom. The molecule has 0 aliphatic rings. The molecule has 0 saturated heterocycles. The maximum Gasteiger partial charge on any atom is 0.185 e. The summed E-state index contributed by atoms with van der Waals surface area (Å²) < 4.78 is 5.27. The molecule has 0 aromatic carbocycles. The lowest BCUT2D eigenvalue weighted by Gasteiger charge is -2.13. The predicted octanol–water partition coefficient (Wildman–Crippen LogP) is 2.43. The van der Waals surface area contributed by atoms with Crippen molar-refractivity contribution in [1.29, 1.82) is 0 Å². The van der Waals surface area contributed by atoms with Crippen molar-refractivity contribution in [3.63, 3.8) is 0 Å². The Morgan fingerprint density at radius 2 is 2.44 bits per heavy atom. The van der Waals surface area contributed by atoms with Gasteiger partial charge in [0.15, 0.2) is 5.13 Å². The Kier molecular flexibility index (Phi) is 3.26. The zero-order valence-corrected chi connectivity index (χ0v) is 10.1. The lowest BCUT2D eigenvalue weighted by Crippen LogP contribution is -2.15. The maximum absolute atomic E-state index is 9.38. The minimum atomic E-state index is -0.512. The quantitative estimate of drug-likeness (QED) is 0.888. The van der Waals surface area contributed by atoms with Gasteiger partial charge in [0, 0.05) is 12.4 Å². The van der Waals surface area contributed by atoms with Crippen molar-refractivity contribution in [2.45, 2.75) is 19.6 Å². The van der Waals surface area contributed by atoms with Gasteiger partial charge < -0.3 is 14.4 Å². The Balaban J connectivity index is 2.06. The summed E-state index contributed by atoms with van der Waals surface area (Å²) in [5.74, 6) is 0.899. The van der Waals surface area contributed by atoms with Gasteiger partial charge in [-0.25, -0.2) is 4.98 Å². The van der Waals surface area contributed by atoms with Crippen LogP contribution < -0.4 is 4.90 Å². The first-order valence-electron chi connectivity index (χ1n) is 5.04. The van der Waals surface area contributed by atoms with Crippen molar-refractivity contribution in [3.8, 4) is 0 Å². The van der Waals surface area contributed by atoms with E-state index >= 15 is 0 Å². The number of anilines is 1. The highest BCUT2D eigenvalue weighted by Gasteiger charge is 2.11. The van der Waals surface area contributed by atoms with Gasteiger partial charge in [-0.1, -0.05) is 0 Å². The van der Waals surface area contributed by atoms with Gasteiger partial charge in [0.05, 0.1) is 24.6 Å². The van der Waals surface area contributed by atoms with Gasteiger partial charge in [0.25, 0.3) is 0 Å². The standard InChI is InChI=1S/C11H14N2O2S/c1-8(14)10-7-16-11(12-10)13(2)6-9-4-3-5-15-9/h3-5,7-8,14H,6H2,1-2H3. The summed E-state index contributed by atoms with van der Waals surface area (Å²) in [7, 11) is 1.95. The molecule has 2 heterocycles. The number of aromatic nitrogens is 1. The molecule has 0 aliphatic carbocycles. The number of aliphatic hydroxyl groups is 1. The summed E-state index contributed by atoms with van der Waals surface area (Å²) in [5, 5.41) is 12.1. The second-order valence-corrected chi connectivity index (χ2v) is 4.50. The summed E-state index contributed by atoms with van der Waals surface area (Å²) >= 11 is 1.52. The van der Waals surface area contributed by atoms with E-state index in [1.54, 1.807) is 13.2 Å². The summed E-state index contributed by atoms with van der Waals surface area (Å²) in [6.45, 7) is 2.39. The Hall–Kier alpha value is -1.33. The maximum atomic E-state index is 9.38. The molecule has 5 heteroatoms. The third-order valence-electron chi connectivity index (χ3n) is 2.24. The molecular weight excluding hydrogens is 224 g/mol. The van der Waals surface area contributed by atoms with E-state index in [9.17, 15) is 5.11 Å². The van der Waals surface area contributed by atoms with E-state index < -0.39 is 6.10 Å². The fourth-order valence-electron chi connectivity index (χ4n) is 1.35. The van der Waals surface area contributed by atoms with Gasteiger partial charge in [-0.3, -0.25) is 0 Å².